The predicted molar refractivity (Wildman–Crippen MR) is 32.7 cm³/mol. The van der Waals surface area contributed by atoms with Gasteiger partial charge in [-0.2, -0.15) is 0 Å². The normalized spacial score (nSPS) is 14.3. The number of rotatable bonds is 4. The molecular weight excluding hydrogens is 120 g/mol. The van der Waals surface area contributed by atoms with Gasteiger partial charge in [-0.25, -0.2) is 0 Å². The van der Waals surface area contributed by atoms with E-state index in [-0.39, 0.29) is 0 Å². The topological polar surface area (TPSA) is 38.7 Å². The zero-order valence-electron chi connectivity index (χ0n) is 5.70. The van der Waals surface area contributed by atoms with Crippen LogP contribution in [-0.4, -0.2) is 31.7 Å². The highest BCUT2D eigenvalue weighted by Crippen LogP contribution is 2.00. The molecule has 1 unspecified atom stereocenters. The third-order valence-electron chi connectivity index (χ3n) is 0.960. The Morgan fingerprint density at radius 3 is 2.00 bits per heavy atom. The van der Waals surface area contributed by atoms with Crippen LogP contribution in [0.1, 0.15) is 6.42 Å². The molecule has 0 heterocycles. The molecule has 1 atom stereocenters. The Bertz CT molecular complexity index is 59.3. The van der Waals surface area contributed by atoms with Crippen molar-refractivity contribution in [3.8, 4) is 0 Å². The lowest BCUT2D eigenvalue weighted by molar-refractivity contribution is -0.118. The molecule has 0 spiro atoms. The van der Waals surface area contributed by atoms with E-state index < -0.39 is 12.4 Å². The fourth-order valence-electron chi connectivity index (χ4n) is 0.486. The molecule has 9 heavy (non-hydrogen) atoms. The summed E-state index contributed by atoms with van der Waals surface area (Å²) in [4.78, 5) is 0. The van der Waals surface area contributed by atoms with E-state index >= 15 is 0 Å². The Balaban J connectivity index is 3.31. The number of aliphatic hydroxyl groups excluding tert-OH is 1. The maximum atomic E-state index is 8.60. The highest BCUT2D eigenvalue weighted by Gasteiger charge is 2.07. The Morgan fingerprint density at radius 1 is 1.44 bits per heavy atom. The number of methoxy groups -OCH3 is 2. The lowest BCUT2D eigenvalue weighted by atomic mass is 10.3. The van der Waals surface area contributed by atoms with Gasteiger partial charge < -0.3 is 14.6 Å². The van der Waals surface area contributed by atoms with E-state index in [0.29, 0.717) is 6.42 Å². The molecule has 54 valence electrons. The average Bonchev–Trinajstić information content (AvgIpc) is 1.82. The maximum Gasteiger partial charge on any atom is 0.159 e. The van der Waals surface area contributed by atoms with Crippen LogP contribution in [0.4, 0.5) is 0 Å². The van der Waals surface area contributed by atoms with Crippen molar-refractivity contribution < 1.29 is 14.6 Å². The first-order valence-corrected chi connectivity index (χ1v) is 2.70. The number of hydrogen-bond donors (Lipinski definition) is 1. The maximum absolute atomic E-state index is 8.60. The Hall–Kier alpha value is -0.120. The zero-order chi connectivity index (χ0) is 7.28. The van der Waals surface area contributed by atoms with Crippen LogP contribution >= 0.6 is 0 Å². The molecular formula is C6H12O3. The average molecular weight is 132 g/mol. The second-order valence-corrected chi connectivity index (χ2v) is 1.70. The molecule has 2 radical (unpaired) electrons. The monoisotopic (exact) mass is 132 g/mol. The third-order valence-corrected chi connectivity index (χ3v) is 0.960. The molecule has 1 N–H and O–H groups in total. The third kappa shape index (κ3) is 4.39. The molecule has 0 bridgehead atoms. The number of aliphatic hydroxyl groups is 1. The Morgan fingerprint density at radius 2 is 1.89 bits per heavy atom. The van der Waals surface area contributed by atoms with Crippen molar-refractivity contribution in [3.05, 3.63) is 6.92 Å². The molecule has 0 aromatic rings. The number of ether oxygens (including phenoxy) is 2. The van der Waals surface area contributed by atoms with Gasteiger partial charge in [0.1, 0.15) is 0 Å². The summed E-state index contributed by atoms with van der Waals surface area (Å²) in [5.74, 6) is 0. The smallest absolute Gasteiger partial charge is 0.159 e. The van der Waals surface area contributed by atoms with Gasteiger partial charge in [-0.1, -0.05) is 0 Å². The van der Waals surface area contributed by atoms with Crippen molar-refractivity contribution in [1.29, 1.82) is 0 Å². The van der Waals surface area contributed by atoms with Crippen molar-refractivity contribution in [2.75, 3.05) is 14.2 Å². The minimum Gasteiger partial charge on any atom is -0.393 e. The molecule has 0 saturated heterocycles. The molecule has 0 aromatic heterocycles. The molecule has 0 aliphatic heterocycles. The molecule has 0 aromatic carbocycles. The summed E-state index contributed by atoms with van der Waals surface area (Å²) >= 11 is 0. The fourth-order valence-corrected chi connectivity index (χ4v) is 0.486. The van der Waals surface area contributed by atoms with E-state index in [0.717, 1.165) is 0 Å². The summed E-state index contributed by atoms with van der Waals surface area (Å²) < 4.78 is 9.50. The minimum absolute atomic E-state index is 0.299. The summed E-state index contributed by atoms with van der Waals surface area (Å²) in [6.45, 7) is 5.04. The van der Waals surface area contributed by atoms with E-state index in [1.165, 1.54) is 14.2 Å². The van der Waals surface area contributed by atoms with Crippen molar-refractivity contribution >= 4 is 0 Å². The van der Waals surface area contributed by atoms with Crippen molar-refractivity contribution in [1.82, 2.24) is 0 Å². The summed E-state index contributed by atoms with van der Waals surface area (Å²) in [5.41, 5.74) is 0. The summed E-state index contributed by atoms with van der Waals surface area (Å²) in [5, 5.41) is 8.60. The highest BCUT2D eigenvalue weighted by atomic mass is 16.7. The van der Waals surface area contributed by atoms with Crippen LogP contribution in [0.3, 0.4) is 0 Å². The first-order chi connectivity index (χ1) is 4.20. The van der Waals surface area contributed by atoms with Gasteiger partial charge >= 0.3 is 0 Å². The van der Waals surface area contributed by atoms with Gasteiger partial charge in [-0.05, 0) is 6.92 Å². The lowest BCUT2D eigenvalue weighted by Crippen LogP contribution is -2.19. The molecule has 0 rings (SSSR count). The zero-order valence-corrected chi connectivity index (χ0v) is 5.70. The first kappa shape index (κ1) is 8.88. The molecule has 0 amide bonds. The minimum atomic E-state index is -0.866. The largest absolute Gasteiger partial charge is 0.393 e. The molecule has 3 heteroatoms. The predicted octanol–water partition coefficient (Wildman–Crippen LogP) is 0.0674. The van der Waals surface area contributed by atoms with Crippen LogP contribution in [0.2, 0.25) is 0 Å². The fraction of sp³-hybridized carbons (Fsp3) is 0.833. The molecule has 3 nitrogen and oxygen atoms in total. The van der Waals surface area contributed by atoms with Gasteiger partial charge in [0.15, 0.2) is 6.29 Å². The SMILES string of the molecule is [CH]C(O)CC(OC)OC. The molecule has 0 aliphatic carbocycles. The van der Waals surface area contributed by atoms with Crippen LogP contribution in [-0.2, 0) is 9.47 Å². The van der Waals surface area contributed by atoms with E-state index in [9.17, 15) is 0 Å². The van der Waals surface area contributed by atoms with Gasteiger partial charge in [0.25, 0.3) is 0 Å². The van der Waals surface area contributed by atoms with E-state index in [1.807, 2.05) is 0 Å². The highest BCUT2D eigenvalue weighted by molar-refractivity contribution is 4.58. The van der Waals surface area contributed by atoms with Gasteiger partial charge in [0.05, 0.1) is 6.10 Å². The lowest BCUT2D eigenvalue weighted by Gasteiger charge is -2.13. The van der Waals surface area contributed by atoms with Gasteiger partial charge in [0, 0.05) is 20.6 Å². The van der Waals surface area contributed by atoms with E-state index in [4.69, 9.17) is 21.5 Å². The van der Waals surface area contributed by atoms with Gasteiger partial charge in [-0.15, -0.1) is 0 Å². The molecule has 0 aliphatic rings. The summed E-state index contributed by atoms with van der Waals surface area (Å²) in [6.07, 6.45) is -0.965. The standard InChI is InChI=1S/C6H12O3/c1-5(7)4-6(8-2)9-3/h1,5-7H,4H2,2-3H3. The van der Waals surface area contributed by atoms with E-state index in [2.05, 4.69) is 0 Å². The van der Waals surface area contributed by atoms with Crippen LogP contribution in [0.15, 0.2) is 0 Å². The first-order valence-electron chi connectivity index (χ1n) is 2.70. The number of hydrogen-bond acceptors (Lipinski definition) is 3. The van der Waals surface area contributed by atoms with Crippen molar-refractivity contribution in [2.45, 2.75) is 18.8 Å². The second-order valence-electron chi connectivity index (χ2n) is 1.70. The van der Waals surface area contributed by atoms with Crippen LogP contribution < -0.4 is 0 Å². The van der Waals surface area contributed by atoms with Crippen LogP contribution in [0.5, 0.6) is 0 Å². The van der Waals surface area contributed by atoms with Crippen molar-refractivity contribution in [3.63, 3.8) is 0 Å². The quantitative estimate of drug-likeness (QED) is 0.550. The van der Waals surface area contributed by atoms with Crippen LogP contribution in [0.25, 0.3) is 0 Å². The van der Waals surface area contributed by atoms with Gasteiger partial charge in [-0.3, -0.25) is 0 Å². The Labute approximate surface area is 55.6 Å². The summed E-state index contributed by atoms with van der Waals surface area (Å²) in [6, 6.07) is 0. The molecule has 0 saturated carbocycles. The molecule has 0 fully saturated rings. The second kappa shape index (κ2) is 4.73. The van der Waals surface area contributed by atoms with Crippen molar-refractivity contribution in [2.24, 2.45) is 0 Å². The van der Waals surface area contributed by atoms with Gasteiger partial charge in [0.2, 0.25) is 0 Å². The Kier molecular flexibility index (Phi) is 4.67. The van der Waals surface area contributed by atoms with E-state index in [1.54, 1.807) is 0 Å². The van der Waals surface area contributed by atoms with Crippen LogP contribution in [0, 0.1) is 6.92 Å². The summed E-state index contributed by atoms with van der Waals surface area (Å²) in [7, 11) is 2.99.